The minimum absolute atomic E-state index is 0.337. The molecule has 2 aliphatic rings. The number of hydrogen-bond donors (Lipinski definition) is 0. The summed E-state index contributed by atoms with van der Waals surface area (Å²) in [5, 5.41) is 11.5. The molecule has 31 heavy (non-hydrogen) atoms. The van der Waals surface area contributed by atoms with Crippen LogP contribution < -0.4 is 4.90 Å². The van der Waals surface area contributed by atoms with Crippen LogP contribution in [0.25, 0.3) is 22.0 Å². The molecule has 0 unspecified atom stereocenters. The minimum atomic E-state index is 0.337. The number of nitrogens with zero attached hydrogens (tertiary/aromatic N) is 4. The van der Waals surface area contributed by atoms with Gasteiger partial charge in [-0.05, 0) is 41.7 Å². The first-order valence-corrected chi connectivity index (χ1v) is 11.6. The van der Waals surface area contributed by atoms with E-state index in [4.69, 9.17) is 0 Å². The van der Waals surface area contributed by atoms with Gasteiger partial charge in [-0.3, -0.25) is 4.79 Å². The lowest BCUT2D eigenvalue weighted by molar-refractivity contribution is -0.132. The molecule has 5 nitrogen and oxygen atoms in total. The lowest BCUT2D eigenvalue weighted by Gasteiger charge is -2.36. The number of hydrogen-bond acceptors (Lipinski definition) is 4. The Bertz CT molecular complexity index is 1030. The standard InChI is InChI=1S/C26H30N4O/c31-26(19-20-7-2-1-3-8-20)30-17-15-29(16-18-30)25-14-13-24(27-28-25)23-12-6-10-21-9-4-5-11-22(21)23/h4-6,9-14,20H,1-3,7-8,15-19H2. The van der Waals surface area contributed by atoms with Gasteiger partial charge < -0.3 is 9.80 Å². The molecular formula is C26H30N4O. The molecule has 0 bridgehead atoms. The van der Waals surface area contributed by atoms with E-state index in [0.29, 0.717) is 11.8 Å². The fraction of sp³-hybridized carbons (Fsp3) is 0.423. The summed E-state index contributed by atoms with van der Waals surface area (Å²) in [6, 6.07) is 18.8. The van der Waals surface area contributed by atoms with Crippen molar-refractivity contribution in [2.24, 2.45) is 5.92 Å². The number of carbonyl (C=O) groups is 1. The Morgan fingerprint density at radius 1 is 0.839 bits per heavy atom. The molecule has 2 fully saturated rings. The summed E-state index contributed by atoms with van der Waals surface area (Å²) in [5.74, 6) is 1.83. The molecule has 2 heterocycles. The summed E-state index contributed by atoms with van der Waals surface area (Å²) >= 11 is 0. The molecule has 0 radical (unpaired) electrons. The van der Waals surface area contributed by atoms with Gasteiger partial charge in [0.05, 0.1) is 5.69 Å². The number of piperazine rings is 1. The van der Waals surface area contributed by atoms with Crippen LogP contribution in [0.4, 0.5) is 5.82 Å². The second-order valence-corrected chi connectivity index (χ2v) is 8.88. The van der Waals surface area contributed by atoms with Crippen LogP contribution in [0.3, 0.4) is 0 Å². The Kier molecular flexibility index (Phi) is 5.83. The molecule has 2 aromatic carbocycles. The third-order valence-electron chi connectivity index (χ3n) is 6.86. The smallest absolute Gasteiger partial charge is 0.222 e. The lowest BCUT2D eigenvalue weighted by Crippen LogP contribution is -2.49. The van der Waals surface area contributed by atoms with Gasteiger partial charge in [0, 0.05) is 38.2 Å². The summed E-state index contributed by atoms with van der Waals surface area (Å²) in [5.41, 5.74) is 2.00. The van der Waals surface area contributed by atoms with E-state index in [-0.39, 0.29) is 0 Å². The van der Waals surface area contributed by atoms with Crippen LogP contribution in [0.2, 0.25) is 0 Å². The molecular weight excluding hydrogens is 384 g/mol. The van der Waals surface area contributed by atoms with Gasteiger partial charge in [0.15, 0.2) is 5.82 Å². The first-order chi connectivity index (χ1) is 15.3. The van der Waals surface area contributed by atoms with Crippen LogP contribution in [0, 0.1) is 5.92 Å². The summed E-state index contributed by atoms with van der Waals surface area (Å²) in [7, 11) is 0. The molecule has 1 aliphatic carbocycles. The third kappa shape index (κ3) is 4.41. The van der Waals surface area contributed by atoms with E-state index in [2.05, 4.69) is 69.7 Å². The van der Waals surface area contributed by atoms with Crippen LogP contribution in [-0.4, -0.2) is 47.2 Å². The Morgan fingerprint density at radius 2 is 1.61 bits per heavy atom. The molecule has 1 aliphatic heterocycles. The Labute approximate surface area is 184 Å². The van der Waals surface area contributed by atoms with Crippen molar-refractivity contribution in [1.82, 2.24) is 15.1 Å². The van der Waals surface area contributed by atoms with Gasteiger partial charge in [-0.15, -0.1) is 10.2 Å². The highest BCUT2D eigenvalue weighted by molar-refractivity contribution is 5.95. The highest BCUT2D eigenvalue weighted by atomic mass is 16.2. The largest absolute Gasteiger partial charge is 0.352 e. The van der Waals surface area contributed by atoms with E-state index in [1.165, 1.54) is 42.9 Å². The number of benzene rings is 2. The second-order valence-electron chi connectivity index (χ2n) is 8.88. The summed E-state index contributed by atoms with van der Waals surface area (Å²) in [6.07, 6.45) is 7.11. The second kappa shape index (κ2) is 9.04. The maximum absolute atomic E-state index is 12.7. The summed E-state index contributed by atoms with van der Waals surface area (Å²) in [6.45, 7) is 3.19. The van der Waals surface area contributed by atoms with E-state index in [1.54, 1.807) is 0 Å². The van der Waals surface area contributed by atoms with Gasteiger partial charge >= 0.3 is 0 Å². The molecule has 1 aromatic heterocycles. The molecule has 0 N–H and O–H groups in total. The predicted molar refractivity (Wildman–Crippen MR) is 125 cm³/mol. The van der Waals surface area contributed by atoms with Crippen LogP contribution in [0.5, 0.6) is 0 Å². The van der Waals surface area contributed by atoms with Gasteiger partial charge in [-0.2, -0.15) is 0 Å². The average Bonchev–Trinajstić information content (AvgIpc) is 2.84. The van der Waals surface area contributed by atoms with Crippen molar-refractivity contribution in [1.29, 1.82) is 0 Å². The number of anilines is 1. The van der Waals surface area contributed by atoms with Crippen molar-refractivity contribution >= 4 is 22.5 Å². The fourth-order valence-corrected chi connectivity index (χ4v) is 5.04. The zero-order chi connectivity index (χ0) is 21.0. The number of aromatic nitrogens is 2. The highest BCUT2D eigenvalue weighted by Crippen LogP contribution is 2.29. The molecule has 1 amide bonds. The van der Waals surface area contributed by atoms with Crippen molar-refractivity contribution in [3.63, 3.8) is 0 Å². The zero-order valence-electron chi connectivity index (χ0n) is 18.0. The highest BCUT2D eigenvalue weighted by Gasteiger charge is 2.25. The number of rotatable bonds is 4. The minimum Gasteiger partial charge on any atom is -0.352 e. The maximum atomic E-state index is 12.7. The molecule has 160 valence electrons. The summed E-state index contributed by atoms with van der Waals surface area (Å²) < 4.78 is 0. The van der Waals surface area contributed by atoms with Crippen molar-refractivity contribution < 1.29 is 4.79 Å². The SMILES string of the molecule is O=C(CC1CCCCC1)N1CCN(c2ccc(-c3cccc4ccccc34)nn2)CC1. The number of amides is 1. The van der Waals surface area contributed by atoms with E-state index in [0.717, 1.165) is 49.7 Å². The van der Waals surface area contributed by atoms with Crippen molar-refractivity contribution in [3.8, 4) is 11.3 Å². The molecule has 1 saturated heterocycles. The van der Waals surface area contributed by atoms with Gasteiger partial charge in [-0.25, -0.2) is 0 Å². The molecule has 0 spiro atoms. The van der Waals surface area contributed by atoms with Crippen LogP contribution >= 0.6 is 0 Å². The topological polar surface area (TPSA) is 49.3 Å². The first-order valence-electron chi connectivity index (χ1n) is 11.6. The van der Waals surface area contributed by atoms with Crippen LogP contribution in [0.15, 0.2) is 54.6 Å². The van der Waals surface area contributed by atoms with Crippen molar-refractivity contribution in [3.05, 3.63) is 54.6 Å². The lowest BCUT2D eigenvalue weighted by atomic mass is 9.86. The van der Waals surface area contributed by atoms with E-state index in [1.807, 2.05) is 4.90 Å². The Hall–Kier alpha value is -2.95. The summed E-state index contributed by atoms with van der Waals surface area (Å²) in [4.78, 5) is 17.0. The normalized spacial score (nSPS) is 17.8. The molecule has 1 saturated carbocycles. The predicted octanol–water partition coefficient (Wildman–Crippen LogP) is 4.92. The zero-order valence-corrected chi connectivity index (χ0v) is 18.0. The van der Waals surface area contributed by atoms with Crippen molar-refractivity contribution in [2.45, 2.75) is 38.5 Å². The molecule has 3 aromatic rings. The maximum Gasteiger partial charge on any atom is 0.222 e. The molecule has 5 heteroatoms. The Balaban J connectivity index is 1.22. The van der Waals surface area contributed by atoms with E-state index >= 15 is 0 Å². The van der Waals surface area contributed by atoms with Crippen LogP contribution in [0.1, 0.15) is 38.5 Å². The van der Waals surface area contributed by atoms with Gasteiger partial charge in [0.25, 0.3) is 0 Å². The quantitative estimate of drug-likeness (QED) is 0.608. The molecule has 5 rings (SSSR count). The number of fused-ring (bicyclic) bond motifs is 1. The van der Waals surface area contributed by atoms with Gasteiger partial charge in [0.1, 0.15) is 0 Å². The number of carbonyl (C=O) groups excluding carboxylic acids is 1. The monoisotopic (exact) mass is 414 g/mol. The van der Waals surface area contributed by atoms with Crippen molar-refractivity contribution in [2.75, 3.05) is 31.1 Å². The first kappa shape index (κ1) is 20.0. The van der Waals surface area contributed by atoms with E-state index in [9.17, 15) is 4.79 Å². The third-order valence-corrected chi connectivity index (χ3v) is 6.86. The fourth-order valence-electron chi connectivity index (χ4n) is 5.04. The van der Waals surface area contributed by atoms with Gasteiger partial charge in [-0.1, -0.05) is 61.7 Å². The van der Waals surface area contributed by atoms with E-state index < -0.39 is 0 Å². The Morgan fingerprint density at radius 3 is 2.39 bits per heavy atom. The molecule has 0 atom stereocenters. The van der Waals surface area contributed by atoms with Gasteiger partial charge in [0.2, 0.25) is 5.91 Å². The average molecular weight is 415 g/mol. The van der Waals surface area contributed by atoms with Crippen LogP contribution in [-0.2, 0) is 4.79 Å².